The van der Waals surface area contributed by atoms with Crippen LogP contribution in [0.5, 0.6) is 0 Å². The number of amides is 4. The van der Waals surface area contributed by atoms with Gasteiger partial charge in [0.1, 0.15) is 17.0 Å². The number of halogens is 6. The number of carbonyl (C=O) groups excluding carboxylic acids is 3. The number of aromatic carboxylic acids is 1. The number of carboxylic acids is 1. The van der Waals surface area contributed by atoms with Crippen LogP contribution < -0.4 is 36.0 Å². The molecule has 4 aliphatic heterocycles. The lowest BCUT2D eigenvalue weighted by atomic mass is 10.0. The van der Waals surface area contributed by atoms with Gasteiger partial charge in [-0.2, -0.15) is 36.3 Å². The molecular formula is C43H45F6N15O5. The third-order valence-corrected chi connectivity index (χ3v) is 12.1. The van der Waals surface area contributed by atoms with Gasteiger partial charge < -0.3 is 30.6 Å². The minimum absolute atomic E-state index is 0.0829. The first kappa shape index (κ1) is 47.8. The molecule has 0 aliphatic carbocycles. The van der Waals surface area contributed by atoms with Crippen LogP contribution >= 0.6 is 0 Å². The van der Waals surface area contributed by atoms with E-state index in [0.29, 0.717) is 48.9 Å². The lowest BCUT2D eigenvalue weighted by Crippen LogP contribution is -2.48. The van der Waals surface area contributed by atoms with Crippen LogP contribution in [0.3, 0.4) is 0 Å². The van der Waals surface area contributed by atoms with Crippen molar-refractivity contribution in [1.29, 1.82) is 0 Å². The highest BCUT2D eigenvalue weighted by Gasteiger charge is 2.43. The molecule has 2 saturated heterocycles. The van der Waals surface area contributed by atoms with Crippen LogP contribution in [0.4, 0.5) is 70.8 Å². The first-order valence-corrected chi connectivity index (χ1v) is 21.6. The van der Waals surface area contributed by atoms with Crippen LogP contribution in [-0.2, 0) is 0 Å². The van der Waals surface area contributed by atoms with Crippen LogP contribution in [0.1, 0.15) is 65.2 Å². The fraction of sp³-hybridized carbons (Fsp3) is 0.395. The number of H-pyrrole nitrogens is 2. The smallest absolute Gasteiger partial charge is 0.403 e. The Labute approximate surface area is 387 Å². The van der Waals surface area contributed by atoms with Crippen molar-refractivity contribution in [2.75, 3.05) is 56.4 Å². The van der Waals surface area contributed by atoms with E-state index in [1.54, 1.807) is 30.7 Å². The number of Topliss-reactive ketones (excluding diaryl/α,β-unsaturated/α-hetero) is 1. The molecule has 2 fully saturated rings. The molecule has 0 saturated carbocycles. The molecule has 6 aromatic rings. The molecule has 6 aromatic heterocycles. The van der Waals surface area contributed by atoms with Crippen molar-refractivity contribution in [2.45, 2.75) is 77.4 Å². The van der Waals surface area contributed by atoms with Crippen molar-refractivity contribution in [3.8, 4) is 0 Å². The quantitative estimate of drug-likeness (QED) is 0.0729. The number of aryl methyl sites for hydroxylation is 2. The Morgan fingerprint density at radius 2 is 1.16 bits per heavy atom. The molecule has 0 aromatic carbocycles. The molecule has 20 nitrogen and oxygen atoms in total. The Kier molecular flexibility index (Phi) is 12.8. The zero-order valence-corrected chi connectivity index (χ0v) is 37.3. The maximum Gasteiger partial charge on any atom is 0.403 e. The van der Waals surface area contributed by atoms with Crippen molar-refractivity contribution in [3.63, 3.8) is 0 Å². The van der Waals surface area contributed by atoms with Crippen molar-refractivity contribution < 1.29 is 50.6 Å². The highest BCUT2D eigenvalue weighted by Crippen LogP contribution is 2.41. The maximum atomic E-state index is 13.3. The molecule has 4 aliphatic rings. The van der Waals surface area contributed by atoms with E-state index in [2.05, 4.69) is 61.1 Å². The highest BCUT2D eigenvalue weighted by atomic mass is 19.4. The van der Waals surface area contributed by atoms with Crippen LogP contribution in [0.25, 0.3) is 22.1 Å². The van der Waals surface area contributed by atoms with E-state index >= 15 is 0 Å². The summed E-state index contributed by atoms with van der Waals surface area (Å²) in [5, 5.41) is 16.4. The number of pyridine rings is 2. The van der Waals surface area contributed by atoms with Gasteiger partial charge in [0.2, 0.25) is 11.9 Å². The number of alkyl halides is 6. The van der Waals surface area contributed by atoms with Crippen molar-refractivity contribution >= 4 is 80.8 Å². The summed E-state index contributed by atoms with van der Waals surface area (Å²) in [5.74, 6) is -2.77. The van der Waals surface area contributed by atoms with E-state index in [1.807, 2.05) is 24.9 Å². The molecule has 7 N–H and O–H groups in total. The van der Waals surface area contributed by atoms with Gasteiger partial charge in [-0.15, -0.1) is 0 Å². The van der Waals surface area contributed by atoms with E-state index in [4.69, 9.17) is 0 Å². The molecule has 364 valence electrons. The molecular weight excluding hydrogens is 921 g/mol. The second kappa shape index (κ2) is 18.5. The van der Waals surface area contributed by atoms with Crippen LogP contribution in [0, 0.1) is 19.8 Å². The molecule has 0 unspecified atom stereocenters. The summed E-state index contributed by atoms with van der Waals surface area (Å²) < 4.78 is 71.9. The van der Waals surface area contributed by atoms with Gasteiger partial charge in [-0.3, -0.25) is 25.2 Å². The van der Waals surface area contributed by atoms with E-state index in [1.165, 1.54) is 21.9 Å². The lowest BCUT2D eigenvalue weighted by Gasteiger charge is -2.35. The number of fused-ring (bicyclic) bond motifs is 10. The summed E-state index contributed by atoms with van der Waals surface area (Å²) in [6, 6.07) is 3.30. The topological polar surface area (TPSA) is 260 Å². The SMILES string of the molecule is C[C@@H](N)C(F)(F)F.Cc1c[nH]c2nc(NC(=O)N3c4nc(C(=O)C[C@H](C)C(F)(F)F)ccc4N4CC[C@H]3C4)ncc12.Cc1c[nH]c2nc(NC(=O)N3c4nc(C(=O)O)ccc4N4CC[C@H]3C4)ncc12. The number of carboxylic acid groups (broad SMARTS) is 1. The summed E-state index contributed by atoms with van der Waals surface area (Å²) in [6.07, 6.45) is -1.04. The van der Waals surface area contributed by atoms with Gasteiger partial charge in [0.15, 0.2) is 23.1 Å². The number of hydrogen-bond donors (Lipinski definition) is 6. The third-order valence-electron chi connectivity index (χ3n) is 12.1. The predicted molar refractivity (Wildman–Crippen MR) is 241 cm³/mol. The summed E-state index contributed by atoms with van der Waals surface area (Å²) in [5.41, 5.74) is 8.87. The summed E-state index contributed by atoms with van der Waals surface area (Å²) >= 11 is 0. The van der Waals surface area contributed by atoms with E-state index in [9.17, 15) is 50.6 Å². The largest absolute Gasteiger partial charge is 0.477 e. The first-order valence-electron chi connectivity index (χ1n) is 21.6. The van der Waals surface area contributed by atoms with Gasteiger partial charge in [0.25, 0.3) is 0 Å². The fourth-order valence-corrected chi connectivity index (χ4v) is 8.22. The second-order valence-electron chi connectivity index (χ2n) is 17.0. The molecule has 10 rings (SSSR count). The van der Waals surface area contributed by atoms with Gasteiger partial charge in [0, 0.05) is 68.2 Å². The third kappa shape index (κ3) is 9.86. The van der Waals surface area contributed by atoms with Gasteiger partial charge >= 0.3 is 30.4 Å². The predicted octanol–water partition coefficient (Wildman–Crippen LogP) is 6.95. The van der Waals surface area contributed by atoms with Gasteiger partial charge in [0.05, 0.1) is 35.4 Å². The average molecular weight is 966 g/mol. The Bertz CT molecular complexity index is 2960. The highest BCUT2D eigenvalue weighted by molar-refractivity contribution is 6.06. The Balaban J connectivity index is 0.000000166. The number of nitrogens with zero attached hydrogens (tertiary/aromatic N) is 10. The molecule has 10 heterocycles. The van der Waals surface area contributed by atoms with E-state index in [0.717, 1.165) is 54.4 Å². The number of carbonyl (C=O) groups is 4. The van der Waals surface area contributed by atoms with Crippen LogP contribution in [0.2, 0.25) is 0 Å². The van der Waals surface area contributed by atoms with E-state index in [-0.39, 0.29) is 41.2 Å². The standard InChI is InChI=1S/C22H22F3N7O2.C18H17N7O3.C3H6F3N/c1-11-8-26-18-14(11)9-27-20(29-18)30-21(34)32-13-5-6-31(10-13)16-4-3-15(28-19(16)32)17(33)7-12(2)22(23,24)25;1-9-6-19-14-11(9)7-20-17(22-14)23-18(28)25-10-4-5-24(8-10)13-3-2-12(16(26)27)21-15(13)25;1-2(7)3(4,5)6/h3-4,8-9,12-13H,5-7,10H2,1-2H3,(H2,26,27,29,30,34);2-3,6-7,10H,4-5,8H2,1H3,(H,26,27)(H2,19,20,22,23,28);2H,7H2,1H3/t12-,13-;10-;2-/m001/s1. The van der Waals surface area contributed by atoms with Crippen LogP contribution in [0.15, 0.2) is 49.1 Å². The monoisotopic (exact) mass is 965 g/mol. The number of anilines is 6. The number of nitrogens with one attached hydrogen (secondary N) is 4. The summed E-state index contributed by atoms with van der Waals surface area (Å²) in [6.45, 7) is 8.50. The van der Waals surface area contributed by atoms with Crippen LogP contribution in [-0.4, -0.2) is 125 Å². The minimum Gasteiger partial charge on any atom is -0.477 e. The normalized spacial score (nSPS) is 17.8. The zero-order valence-electron chi connectivity index (χ0n) is 37.3. The lowest BCUT2D eigenvalue weighted by molar-refractivity contribution is -0.168. The van der Waals surface area contributed by atoms with Gasteiger partial charge in [-0.05, 0) is 69.0 Å². The molecule has 26 heteroatoms. The average Bonchev–Trinajstić information content (AvgIpc) is 4.09. The number of rotatable bonds is 6. The number of urea groups is 2. The minimum atomic E-state index is -4.47. The Morgan fingerprint density at radius 1 is 0.725 bits per heavy atom. The fourth-order valence-electron chi connectivity index (χ4n) is 8.22. The molecule has 0 spiro atoms. The second-order valence-corrected chi connectivity index (χ2v) is 17.0. The number of hydrogen-bond acceptors (Lipinski definition) is 13. The number of nitrogens with two attached hydrogens (primary N) is 1. The van der Waals surface area contributed by atoms with E-state index < -0.39 is 54.5 Å². The Hall–Kier alpha value is -7.64. The number of ketones is 1. The first-order chi connectivity index (χ1) is 32.6. The number of aromatic nitrogens is 8. The summed E-state index contributed by atoms with van der Waals surface area (Å²) in [4.78, 5) is 89.1. The maximum absolute atomic E-state index is 13.3. The molecule has 4 atom stereocenters. The molecule has 0 radical (unpaired) electrons. The van der Waals surface area contributed by atoms with Gasteiger partial charge in [-0.1, -0.05) is 6.92 Å². The zero-order chi connectivity index (χ0) is 49.7. The summed E-state index contributed by atoms with van der Waals surface area (Å²) in [7, 11) is 0. The molecule has 4 amide bonds. The molecule has 4 bridgehead atoms. The van der Waals surface area contributed by atoms with Crippen molar-refractivity contribution in [1.82, 2.24) is 39.9 Å². The Morgan fingerprint density at radius 3 is 1.58 bits per heavy atom. The van der Waals surface area contributed by atoms with Crippen molar-refractivity contribution in [3.05, 3.63) is 71.6 Å². The van der Waals surface area contributed by atoms with Crippen molar-refractivity contribution in [2.24, 2.45) is 11.7 Å². The number of aromatic amines is 2. The van der Waals surface area contributed by atoms with Gasteiger partial charge in [-0.25, -0.2) is 34.3 Å². The molecule has 69 heavy (non-hydrogen) atoms.